The second-order valence-electron chi connectivity index (χ2n) is 4.18. The van der Waals surface area contributed by atoms with E-state index in [0.717, 1.165) is 0 Å². The molecule has 1 heterocycles. The van der Waals surface area contributed by atoms with Crippen LogP contribution in [0.5, 0.6) is 0 Å². The summed E-state index contributed by atoms with van der Waals surface area (Å²) in [4.78, 5) is 14.9. The number of nitrogens with two attached hydrogens (primary N) is 1. The number of hydrogen-bond donors (Lipinski definition) is 2. The first-order chi connectivity index (χ1) is 9.38. The van der Waals surface area contributed by atoms with Crippen molar-refractivity contribution >= 4 is 21.6 Å². The van der Waals surface area contributed by atoms with Crippen LogP contribution in [0.2, 0.25) is 0 Å². The van der Waals surface area contributed by atoms with Gasteiger partial charge in [0.25, 0.3) is 0 Å². The average molecular weight is 291 g/mol. The standard InChI is InChI=1S/C13H13N3O3S/c1-9(17)16-11-4-5-12(10-3-2-6-15-8-10)13(7-11)20(14,18)19/h2-8H,1H3,(H,16,17)(H2,14,18,19). The van der Waals surface area contributed by atoms with Crippen molar-refractivity contribution in [3.8, 4) is 11.1 Å². The van der Waals surface area contributed by atoms with Gasteiger partial charge in [-0.2, -0.15) is 0 Å². The highest BCUT2D eigenvalue weighted by Crippen LogP contribution is 2.28. The average Bonchev–Trinajstić information content (AvgIpc) is 2.38. The molecule has 0 saturated carbocycles. The van der Waals surface area contributed by atoms with Gasteiger partial charge in [0.05, 0.1) is 4.90 Å². The zero-order valence-corrected chi connectivity index (χ0v) is 11.5. The molecule has 7 heteroatoms. The number of carbonyl (C=O) groups excluding carboxylic acids is 1. The predicted octanol–water partition coefficient (Wildman–Crippen LogP) is 1.35. The van der Waals surface area contributed by atoms with Crippen LogP contribution >= 0.6 is 0 Å². The number of nitrogens with one attached hydrogen (secondary N) is 1. The summed E-state index contributed by atoms with van der Waals surface area (Å²) in [6, 6.07) is 7.96. The largest absolute Gasteiger partial charge is 0.326 e. The van der Waals surface area contributed by atoms with Gasteiger partial charge in [-0.05, 0) is 18.2 Å². The van der Waals surface area contributed by atoms with Crippen molar-refractivity contribution in [2.75, 3.05) is 5.32 Å². The van der Waals surface area contributed by atoms with Gasteiger partial charge in [-0.1, -0.05) is 12.1 Å². The smallest absolute Gasteiger partial charge is 0.238 e. The van der Waals surface area contributed by atoms with Gasteiger partial charge >= 0.3 is 0 Å². The first kappa shape index (κ1) is 14.2. The molecule has 0 unspecified atom stereocenters. The summed E-state index contributed by atoms with van der Waals surface area (Å²) in [5.41, 5.74) is 1.44. The molecular formula is C13H13N3O3S. The van der Waals surface area contributed by atoms with Crippen LogP contribution in [0, 0.1) is 0 Å². The third-order valence-electron chi connectivity index (χ3n) is 2.58. The Balaban J connectivity index is 2.61. The zero-order valence-electron chi connectivity index (χ0n) is 10.7. The highest BCUT2D eigenvalue weighted by Gasteiger charge is 2.16. The maximum atomic E-state index is 11.7. The quantitative estimate of drug-likeness (QED) is 0.891. The fourth-order valence-corrected chi connectivity index (χ4v) is 2.58. The number of primary sulfonamides is 1. The zero-order chi connectivity index (χ0) is 14.8. The molecule has 0 atom stereocenters. The molecule has 20 heavy (non-hydrogen) atoms. The Morgan fingerprint density at radius 3 is 2.60 bits per heavy atom. The maximum Gasteiger partial charge on any atom is 0.238 e. The van der Waals surface area contributed by atoms with E-state index in [2.05, 4.69) is 10.3 Å². The molecule has 1 aromatic carbocycles. The van der Waals surface area contributed by atoms with Gasteiger partial charge in [0.2, 0.25) is 15.9 Å². The van der Waals surface area contributed by atoms with Crippen molar-refractivity contribution in [3.63, 3.8) is 0 Å². The van der Waals surface area contributed by atoms with E-state index in [-0.39, 0.29) is 10.8 Å². The monoisotopic (exact) mass is 291 g/mol. The Bertz CT molecular complexity index is 743. The molecule has 0 radical (unpaired) electrons. The van der Waals surface area contributed by atoms with E-state index in [4.69, 9.17) is 5.14 Å². The summed E-state index contributed by atoms with van der Waals surface area (Å²) in [6.45, 7) is 1.34. The molecule has 3 N–H and O–H groups in total. The fraction of sp³-hybridized carbons (Fsp3) is 0.0769. The number of hydrogen-bond acceptors (Lipinski definition) is 4. The van der Waals surface area contributed by atoms with E-state index < -0.39 is 10.0 Å². The number of pyridine rings is 1. The van der Waals surface area contributed by atoms with Gasteiger partial charge < -0.3 is 5.32 Å². The number of nitrogens with zero attached hydrogens (tertiary/aromatic N) is 1. The summed E-state index contributed by atoms with van der Waals surface area (Å²) >= 11 is 0. The Morgan fingerprint density at radius 2 is 2.05 bits per heavy atom. The van der Waals surface area contributed by atoms with Crippen LogP contribution in [0.15, 0.2) is 47.6 Å². The van der Waals surface area contributed by atoms with Crippen molar-refractivity contribution in [1.29, 1.82) is 0 Å². The Morgan fingerprint density at radius 1 is 1.30 bits per heavy atom. The minimum absolute atomic E-state index is 0.0586. The lowest BCUT2D eigenvalue weighted by Crippen LogP contribution is -2.14. The Labute approximate surface area is 116 Å². The molecule has 0 spiro atoms. The van der Waals surface area contributed by atoms with E-state index in [1.54, 1.807) is 36.7 Å². The van der Waals surface area contributed by atoms with Crippen molar-refractivity contribution < 1.29 is 13.2 Å². The normalized spacial score (nSPS) is 11.1. The minimum atomic E-state index is -3.92. The first-order valence-electron chi connectivity index (χ1n) is 5.73. The van der Waals surface area contributed by atoms with Gasteiger partial charge in [0.1, 0.15) is 0 Å². The second kappa shape index (κ2) is 5.40. The third-order valence-corrected chi connectivity index (χ3v) is 3.53. The van der Waals surface area contributed by atoms with Crippen molar-refractivity contribution in [1.82, 2.24) is 4.98 Å². The van der Waals surface area contributed by atoms with Crippen LogP contribution in [-0.2, 0) is 14.8 Å². The van der Waals surface area contributed by atoms with Crippen LogP contribution in [0.1, 0.15) is 6.92 Å². The predicted molar refractivity (Wildman–Crippen MR) is 75.3 cm³/mol. The highest BCUT2D eigenvalue weighted by atomic mass is 32.2. The molecule has 2 rings (SSSR count). The molecule has 0 aliphatic heterocycles. The van der Waals surface area contributed by atoms with Crippen molar-refractivity contribution in [3.05, 3.63) is 42.7 Å². The molecule has 1 aromatic heterocycles. The topological polar surface area (TPSA) is 102 Å². The van der Waals surface area contributed by atoms with Crippen LogP contribution in [0.3, 0.4) is 0 Å². The number of amides is 1. The van der Waals surface area contributed by atoms with Crippen molar-refractivity contribution in [2.45, 2.75) is 11.8 Å². The number of anilines is 1. The lowest BCUT2D eigenvalue weighted by molar-refractivity contribution is -0.114. The third kappa shape index (κ3) is 3.19. The van der Waals surface area contributed by atoms with Crippen LogP contribution in [-0.4, -0.2) is 19.3 Å². The van der Waals surface area contributed by atoms with E-state index in [0.29, 0.717) is 16.8 Å². The Hall–Kier alpha value is -2.25. The van der Waals surface area contributed by atoms with Gasteiger partial charge in [0.15, 0.2) is 0 Å². The molecule has 0 aliphatic carbocycles. The number of carbonyl (C=O) groups is 1. The van der Waals surface area contributed by atoms with Gasteiger partial charge in [-0.15, -0.1) is 0 Å². The lowest BCUT2D eigenvalue weighted by Gasteiger charge is -2.10. The molecule has 2 aromatic rings. The summed E-state index contributed by atoms with van der Waals surface area (Å²) in [6.07, 6.45) is 3.13. The van der Waals surface area contributed by atoms with Crippen LogP contribution < -0.4 is 10.5 Å². The van der Waals surface area contributed by atoms with E-state index >= 15 is 0 Å². The molecule has 0 bridgehead atoms. The minimum Gasteiger partial charge on any atom is -0.326 e. The maximum absolute atomic E-state index is 11.7. The SMILES string of the molecule is CC(=O)Nc1ccc(-c2cccnc2)c(S(N)(=O)=O)c1. The van der Waals surface area contributed by atoms with Gasteiger partial charge in [-0.25, -0.2) is 13.6 Å². The van der Waals surface area contributed by atoms with Gasteiger partial charge in [0, 0.05) is 36.1 Å². The second-order valence-corrected chi connectivity index (χ2v) is 5.71. The van der Waals surface area contributed by atoms with E-state index in [1.807, 2.05) is 0 Å². The first-order valence-corrected chi connectivity index (χ1v) is 7.27. The van der Waals surface area contributed by atoms with E-state index in [1.165, 1.54) is 13.0 Å². The van der Waals surface area contributed by atoms with E-state index in [9.17, 15) is 13.2 Å². The molecule has 0 aliphatic rings. The number of sulfonamides is 1. The molecule has 1 amide bonds. The molecule has 6 nitrogen and oxygen atoms in total. The van der Waals surface area contributed by atoms with Crippen LogP contribution in [0.25, 0.3) is 11.1 Å². The van der Waals surface area contributed by atoms with Crippen LogP contribution in [0.4, 0.5) is 5.69 Å². The summed E-state index contributed by atoms with van der Waals surface area (Å²) in [5, 5.41) is 7.76. The lowest BCUT2D eigenvalue weighted by atomic mass is 10.1. The highest BCUT2D eigenvalue weighted by molar-refractivity contribution is 7.89. The molecular weight excluding hydrogens is 278 g/mol. The fourth-order valence-electron chi connectivity index (χ4n) is 1.80. The summed E-state index contributed by atoms with van der Waals surface area (Å²) < 4.78 is 23.4. The number of benzene rings is 1. The molecule has 104 valence electrons. The molecule has 0 saturated heterocycles. The summed E-state index contributed by atoms with van der Waals surface area (Å²) in [5.74, 6) is -0.292. The summed E-state index contributed by atoms with van der Waals surface area (Å²) in [7, 11) is -3.92. The number of aromatic nitrogens is 1. The molecule has 0 fully saturated rings. The Kier molecular flexibility index (Phi) is 3.82. The number of rotatable bonds is 3. The van der Waals surface area contributed by atoms with Crippen molar-refractivity contribution in [2.24, 2.45) is 5.14 Å². The van der Waals surface area contributed by atoms with Gasteiger partial charge in [-0.3, -0.25) is 9.78 Å².